The van der Waals surface area contributed by atoms with Crippen molar-refractivity contribution >= 4 is 33.5 Å². The maximum atomic E-state index is 12.4. The number of nitrogens with one attached hydrogen (secondary N) is 3. The van der Waals surface area contributed by atoms with Gasteiger partial charge in [-0.3, -0.25) is 14.9 Å². The predicted octanol–water partition coefficient (Wildman–Crippen LogP) is 5.65. The third-order valence-corrected chi connectivity index (χ3v) is 6.28. The van der Waals surface area contributed by atoms with Crippen molar-refractivity contribution in [3.63, 3.8) is 0 Å². The predicted molar refractivity (Wildman–Crippen MR) is 144 cm³/mol. The molecule has 0 saturated carbocycles. The first-order chi connectivity index (χ1) is 17.8. The molecular formula is C28H26N8O. The summed E-state index contributed by atoms with van der Waals surface area (Å²) in [4.78, 5) is 29.5. The van der Waals surface area contributed by atoms with E-state index in [2.05, 4.69) is 36.5 Å². The Morgan fingerprint density at radius 2 is 1.89 bits per heavy atom. The van der Waals surface area contributed by atoms with E-state index in [4.69, 9.17) is 4.98 Å². The lowest BCUT2D eigenvalue weighted by atomic mass is 9.95. The summed E-state index contributed by atoms with van der Waals surface area (Å²) in [6, 6.07) is 14.0. The van der Waals surface area contributed by atoms with Gasteiger partial charge in [-0.25, -0.2) is 9.97 Å². The fourth-order valence-electron chi connectivity index (χ4n) is 4.25. The second-order valence-corrected chi connectivity index (χ2v) is 10.2. The Kier molecular flexibility index (Phi) is 5.15. The number of pyridine rings is 1. The molecule has 9 heteroatoms. The first-order valence-electron chi connectivity index (χ1n) is 12.0. The van der Waals surface area contributed by atoms with Crippen LogP contribution in [0.15, 0.2) is 67.4 Å². The molecule has 4 heterocycles. The van der Waals surface area contributed by atoms with E-state index in [0.29, 0.717) is 11.5 Å². The van der Waals surface area contributed by atoms with Crippen molar-refractivity contribution in [1.82, 2.24) is 34.7 Å². The van der Waals surface area contributed by atoms with E-state index in [1.54, 1.807) is 18.7 Å². The molecule has 0 atom stereocenters. The number of nitrogens with zero attached hydrogens (tertiary/aromatic N) is 5. The van der Waals surface area contributed by atoms with Gasteiger partial charge in [0.05, 0.1) is 40.6 Å². The van der Waals surface area contributed by atoms with Gasteiger partial charge in [0.1, 0.15) is 11.2 Å². The average molecular weight is 491 g/mol. The van der Waals surface area contributed by atoms with Crippen LogP contribution in [0.4, 0.5) is 5.69 Å². The number of para-hydroxylation sites is 1. The fraction of sp³-hybridized carbons (Fsp3) is 0.179. The highest BCUT2D eigenvalue weighted by atomic mass is 16.2. The number of hydrogen-bond acceptors (Lipinski definition) is 5. The quantitative estimate of drug-likeness (QED) is 0.295. The van der Waals surface area contributed by atoms with Crippen molar-refractivity contribution in [3.05, 3.63) is 73.1 Å². The van der Waals surface area contributed by atoms with Gasteiger partial charge in [0.2, 0.25) is 5.91 Å². The Bertz CT molecular complexity index is 1780. The van der Waals surface area contributed by atoms with Crippen molar-refractivity contribution in [2.75, 3.05) is 5.32 Å². The monoisotopic (exact) mass is 490 g/mol. The minimum Gasteiger partial charge on any atom is -0.336 e. The second-order valence-electron chi connectivity index (χ2n) is 10.2. The second kappa shape index (κ2) is 8.41. The highest BCUT2D eigenvalue weighted by Gasteiger charge is 2.21. The zero-order chi connectivity index (χ0) is 25.7. The summed E-state index contributed by atoms with van der Waals surface area (Å²) in [6.07, 6.45) is 7.21. The highest BCUT2D eigenvalue weighted by molar-refractivity contribution is 5.97. The molecule has 0 bridgehead atoms. The summed E-state index contributed by atoms with van der Waals surface area (Å²) >= 11 is 0. The van der Waals surface area contributed by atoms with Gasteiger partial charge in [0.15, 0.2) is 5.82 Å². The van der Waals surface area contributed by atoms with Crippen molar-refractivity contribution in [3.8, 4) is 28.3 Å². The van der Waals surface area contributed by atoms with Gasteiger partial charge in [-0.05, 0) is 42.8 Å². The number of hydrogen-bond donors (Lipinski definition) is 3. The standard InChI is InChI=1S/C28H26N8O/c1-16-14-36(15-30-16)23-7-5-6-22-25(23)33-26(32-22)24-20-11-17(8-9-21(20)34-35-24)18-10-19(13-29-12-18)31-27(37)28(2,3)4/h5-15H,1-4H3,(H,31,37)(H,32,33)(H,34,35). The van der Waals surface area contributed by atoms with Crippen LogP contribution in [0.5, 0.6) is 0 Å². The summed E-state index contributed by atoms with van der Waals surface area (Å²) in [7, 11) is 0. The molecule has 0 aliphatic carbocycles. The van der Waals surface area contributed by atoms with Crippen LogP contribution >= 0.6 is 0 Å². The molecule has 37 heavy (non-hydrogen) atoms. The van der Waals surface area contributed by atoms with E-state index in [0.717, 1.165) is 50.1 Å². The summed E-state index contributed by atoms with van der Waals surface area (Å²) in [5, 5.41) is 11.6. The third-order valence-electron chi connectivity index (χ3n) is 6.28. The molecule has 0 unspecified atom stereocenters. The lowest BCUT2D eigenvalue weighted by Crippen LogP contribution is -2.27. The summed E-state index contributed by atoms with van der Waals surface area (Å²) in [5.74, 6) is 0.612. The Morgan fingerprint density at radius 1 is 1.03 bits per heavy atom. The molecule has 3 N–H and O–H groups in total. The maximum Gasteiger partial charge on any atom is 0.229 e. The van der Waals surface area contributed by atoms with Crippen LogP contribution in [0.3, 0.4) is 0 Å². The molecule has 1 amide bonds. The number of imidazole rings is 2. The molecule has 2 aromatic carbocycles. The van der Waals surface area contributed by atoms with Crippen LogP contribution in [0.2, 0.25) is 0 Å². The summed E-state index contributed by atoms with van der Waals surface area (Å²) in [6.45, 7) is 7.60. The number of benzene rings is 2. The molecule has 0 aliphatic heterocycles. The maximum absolute atomic E-state index is 12.4. The number of amides is 1. The van der Waals surface area contributed by atoms with E-state index < -0.39 is 5.41 Å². The Balaban J connectivity index is 1.40. The van der Waals surface area contributed by atoms with Crippen molar-refractivity contribution < 1.29 is 4.79 Å². The first-order valence-corrected chi connectivity index (χ1v) is 12.0. The van der Waals surface area contributed by atoms with Crippen LogP contribution in [0.25, 0.3) is 50.3 Å². The topological polar surface area (TPSA) is 117 Å². The van der Waals surface area contributed by atoms with Gasteiger partial charge in [-0.2, -0.15) is 5.10 Å². The van der Waals surface area contributed by atoms with E-state index in [9.17, 15) is 4.79 Å². The van der Waals surface area contributed by atoms with Crippen molar-refractivity contribution in [2.45, 2.75) is 27.7 Å². The number of anilines is 1. The summed E-state index contributed by atoms with van der Waals surface area (Å²) in [5.41, 5.74) is 7.28. The van der Waals surface area contributed by atoms with Gasteiger partial charge >= 0.3 is 0 Å². The number of aryl methyl sites for hydroxylation is 1. The van der Waals surface area contributed by atoms with E-state index in [1.807, 2.05) is 74.9 Å². The smallest absolute Gasteiger partial charge is 0.229 e. The minimum absolute atomic E-state index is 0.0610. The molecule has 0 saturated heterocycles. The van der Waals surface area contributed by atoms with Gasteiger partial charge in [-0.1, -0.05) is 32.9 Å². The lowest BCUT2D eigenvalue weighted by Gasteiger charge is -2.17. The van der Waals surface area contributed by atoms with Gasteiger partial charge in [0.25, 0.3) is 0 Å². The Morgan fingerprint density at radius 3 is 2.68 bits per heavy atom. The van der Waals surface area contributed by atoms with Gasteiger partial charge in [-0.15, -0.1) is 0 Å². The minimum atomic E-state index is -0.496. The molecule has 184 valence electrons. The van der Waals surface area contributed by atoms with E-state index in [-0.39, 0.29) is 5.91 Å². The average Bonchev–Trinajstić information content (AvgIpc) is 3.60. The SMILES string of the molecule is Cc1cn(-c2cccc3[nH]c(-c4n[nH]c5ccc(-c6cncc(NC(=O)C(C)(C)C)c6)cc45)nc23)cn1. The zero-order valence-electron chi connectivity index (χ0n) is 21.0. The number of carbonyl (C=O) groups is 1. The van der Waals surface area contributed by atoms with E-state index in [1.165, 1.54) is 0 Å². The van der Waals surface area contributed by atoms with Crippen molar-refractivity contribution in [2.24, 2.45) is 5.41 Å². The van der Waals surface area contributed by atoms with Crippen LogP contribution in [0.1, 0.15) is 26.5 Å². The zero-order valence-corrected chi connectivity index (χ0v) is 21.0. The van der Waals surface area contributed by atoms with Crippen molar-refractivity contribution in [1.29, 1.82) is 0 Å². The molecule has 0 fully saturated rings. The molecule has 0 radical (unpaired) electrons. The van der Waals surface area contributed by atoms with Gasteiger partial charge in [0, 0.05) is 28.8 Å². The number of aromatic nitrogens is 7. The lowest BCUT2D eigenvalue weighted by molar-refractivity contribution is -0.123. The fourth-order valence-corrected chi connectivity index (χ4v) is 4.25. The summed E-state index contributed by atoms with van der Waals surface area (Å²) < 4.78 is 1.97. The van der Waals surface area contributed by atoms with Crippen LogP contribution in [-0.4, -0.2) is 40.6 Å². The first kappa shape index (κ1) is 22.7. The normalized spacial score (nSPS) is 11.9. The number of rotatable bonds is 4. The molecule has 0 spiro atoms. The number of fused-ring (bicyclic) bond motifs is 2. The van der Waals surface area contributed by atoms with Gasteiger partial charge < -0.3 is 14.9 Å². The number of H-pyrrole nitrogens is 2. The Labute approximate surface area is 213 Å². The third kappa shape index (κ3) is 4.14. The molecular weight excluding hydrogens is 464 g/mol. The largest absolute Gasteiger partial charge is 0.336 e. The highest BCUT2D eigenvalue weighted by Crippen LogP contribution is 2.32. The molecule has 6 aromatic rings. The van der Waals surface area contributed by atoms with Crippen LogP contribution < -0.4 is 5.32 Å². The molecule has 0 aliphatic rings. The molecule has 4 aromatic heterocycles. The molecule has 6 rings (SSSR count). The Hall–Kier alpha value is -4.79. The molecule has 9 nitrogen and oxygen atoms in total. The van der Waals surface area contributed by atoms with Crippen LogP contribution in [0, 0.1) is 12.3 Å². The number of carbonyl (C=O) groups excluding carboxylic acids is 1. The van der Waals surface area contributed by atoms with Crippen LogP contribution in [-0.2, 0) is 4.79 Å². The van der Waals surface area contributed by atoms with E-state index >= 15 is 0 Å². The number of aromatic amines is 2.